The van der Waals surface area contributed by atoms with Crippen LogP contribution in [0.5, 0.6) is 0 Å². The highest BCUT2D eigenvalue weighted by molar-refractivity contribution is 6.21. The molecule has 0 aliphatic rings. The van der Waals surface area contributed by atoms with Gasteiger partial charge in [-0.2, -0.15) is 0 Å². The van der Waals surface area contributed by atoms with Gasteiger partial charge in [0, 0.05) is 11.6 Å². The molecule has 0 radical (unpaired) electrons. The van der Waals surface area contributed by atoms with Crippen LogP contribution in [-0.2, 0) is 6.42 Å². The molecular weight excluding hydrogens is 220 g/mol. The van der Waals surface area contributed by atoms with Crippen molar-refractivity contribution in [1.82, 2.24) is 4.98 Å². The summed E-state index contributed by atoms with van der Waals surface area (Å²) < 4.78 is 0. The Kier molecular flexibility index (Phi) is 4.60. The lowest BCUT2D eigenvalue weighted by atomic mass is 9.88. The molecule has 0 amide bonds. The number of nitrogens with zero attached hydrogens (tertiary/aromatic N) is 1. The third-order valence-corrected chi connectivity index (χ3v) is 3.58. The van der Waals surface area contributed by atoms with Crippen molar-refractivity contribution in [2.24, 2.45) is 5.41 Å². The van der Waals surface area contributed by atoms with Gasteiger partial charge in [-0.25, -0.2) is 4.98 Å². The fourth-order valence-corrected chi connectivity index (χ4v) is 1.72. The van der Waals surface area contributed by atoms with Gasteiger partial charge in [-0.3, -0.25) is 0 Å². The second kappa shape index (κ2) is 5.53. The maximum absolute atomic E-state index is 6.32. The largest absolute Gasteiger partial charge is 0.384 e. The molecule has 0 aromatic carbocycles. The van der Waals surface area contributed by atoms with Gasteiger partial charge in [-0.1, -0.05) is 20.8 Å². The second-order valence-electron chi connectivity index (χ2n) is 5.31. The van der Waals surface area contributed by atoms with Gasteiger partial charge >= 0.3 is 0 Å². The predicted molar refractivity (Wildman–Crippen MR) is 70.7 cm³/mol. The molecule has 90 valence electrons. The minimum Gasteiger partial charge on any atom is -0.384 e. The maximum atomic E-state index is 6.32. The van der Waals surface area contributed by atoms with E-state index in [0.29, 0.717) is 5.82 Å². The molecule has 1 unspecified atom stereocenters. The van der Waals surface area contributed by atoms with Crippen molar-refractivity contribution in [1.29, 1.82) is 0 Å². The predicted octanol–water partition coefficient (Wildman–Crippen LogP) is 3.64. The molecule has 0 spiro atoms. The summed E-state index contributed by atoms with van der Waals surface area (Å²) in [4.78, 5) is 3.97. The Morgan fingerprint density at radius 2 is 2.12 bits per heavy atom. The van der Waals surface area contributed by atoms with Crippen molar-refractivity contribution in [2.75, 3.05) is 5.73 Å². The Morgan fingerprint density at radius 3 is 2.69 bits per heavy atom. The highest BCUT2D eigenvalue weighted by Gasteiger charge is 2.21. The van der Waals surface area contributed by atoms with Crippen molar-refractivity contribution in [2.45, 2.75) is 45.4 Å². The zero-order chi connectivity index (χ0) is 12.2. The Hall–Kier alpha value is -0.760. The summed E-state index contributed by atoms with van der Waals surface area (Å²) in [6.07, 6.45) is 4.90. The molecule has 0 bridgehead atoms. The van der Waals surface area contributed by atoms with Crippen molar-refractivity contribution >= 4 is 17.4 Å². The number of pyridine rings is 1. The van der Waals surface area contributed by atoms with Crippen molar-refractivity contribution in [3.8, 4) is 0 Å². The number of anilines is 1. The van der Waals surface area contributed by atoms with Crippen LogP contribution < -0.4 is 5.73 Å². The standard InChI is InChI=1S/C13H21ClN2/c1-13(2,3)11(14)6-4-5-10-7-8-16-12(15)9-10/h7-9,11H,4-6H2,1-3H3,(H2,15,16). The SMILES string of the molecule is CC(C)(C)C(Cl)CCCc1ccnc(N)c1. The third-order valence-electron chi connectivity index (χ3n) is 2.71. The van der Waals surface area contributed by atoms with Crippen LogP contribution in [0.1, 0.15) is 39.2 Å². The topological polar surface area (TPSA) is 38.9 Å². The average Bonchev–Trinajstić information content (AvgIpc) is 2.16. The number of hydrogen-bond acceptors (Lipinski definition) is 2. The normalized spacial score (nSPS) is 13.8. The van der Waals surface area contributed by atoms with Gasteiger partial charge in [-0.05, 0) is 42.4 Å². The molecule has 1 atom stereocenters. The van der Waals surface area contributed by atoms with Crippen LogP contribution in [-0.4, -0.2) is 10.4 Å². The number of alkyl halides is 1. The molecule has 0 saturated carbocycles. The van der Waals surface area contributed by atoms with Crippen LogP contribution in [0.15, 0.2) is 18.3 Å². The average molecular weight is 241 g/mol. The Bertz CT molecular complexity index is 331. The van der Waals surface area contributed by atoms with Crippen LogP contribution in [0, 0.1) is 5.41 Å². The van der Waals surface area contributed by atoms with Gasteiger partial charge in [0.1, 0.15) is 5.82 Å². The van der Waals surface area contributed by atoms with E-state index in [-0.39, 0.29) is 10.8 Å². The molecule has 1 rings (SSSR count). The van der Waals surface area contributed by atoms with Gasteiger partial charge < -0.3 is 5.73 Å². The van der Waals surface area contributed by atoms with Crippen LogP contribution in [0.25, 0.3) is 0 Å². The van der Waals surface area contributed by atoms with Gasteiger partial charge in [0.05, 0.1) is 0 Å². The molecular formula is C13H21ClN2. The molecule has 0 fully saturated rings. The first kappa shape index (κ1) is 13.3. The first-order valence-electron chi connectivity index (χ1n) is 5.74. The maximum Gasteiger partial charge on any atom is 0.123 e. The van der Waals surface area contributed by atoms with Gasteiger partial charge in [0.2, 0.25) is 0 Å². The summed E-state index contributed by atoms with van der Waals surface area (Å²) >= 11 is 6.32. The Morgan fingerprint density at radius 1 is 1.44 bits per heavy atom. The minimum atomic E-state index is 0.179. The summed E-state index contributed by atoms with van der Waals surface area (Å²) in [6.45, 7) is 6.53. The molecule has 3 heteroatoms. The lowest BCUT2D eigenvalue weighted by molar-refractivity contribution is 0.369. The van der Waals surface area contributed by atoms with Crippen LogP contribution in [0.4, 0.5) is 5.82 Å². The van der Waals surface area contributed by atoms with Crippen molar-refractivity contribution in [3.63, 3.8) is 0 Å². The Labute approximate surface area is 103 Å². The number of aryl methyl sites for hydroxylation is 1. The molecule has 1 aromatic rings. The zero-order valence-electron chi connectivity index (χ0n) is 10.3. The second-order valence-corrected chi connectivity index (χ2v) is 5.84. The number of halogens is 1. The molecule has 2 nitrogen and oxygen atoms in total. The van der Waals surface area contributed by atoms with E-state index >= 15 is 0 Å². The van der Waals surface area contributed by atoms with E-state index < -0.39 is 0 Å². The molecule has 0 saturated heterocycles. The summed E-state index contributed by atoms with van der Waals surface area (Å²) in [5.41, 5.74) is 7.04. The van der Waals surface area contributed by atoms with Crippen LogP contribution >= 0.6 is 11.6 Å². The van der Waals surface area contributed by atoms with E-state index in [1.165, 1.54) is 5.56 Å². The number of nitrogen functional groups attached to an aromatic ring is 1. The summed E-state index contributed by atoms with van der Waals surface area (Å²) in [5, 5.41) is 0.228. The summed E-state index contributed by atoms with van der Waals surface area (Å²) in [5.74, 6) is 0.593. The van der Waals surface area contributed by atoms with Crippen LogP contribution in [0.2, 0.25) is 0 Å². The van der Waals surface area contributed by atoms with E-state index in [1.54, 1.807) is 6.20 Å². The lowest BCUT2D eigenvalue weighted by Crippen LogP contribution is -2.20. The van der Waals surface area contributed by atoms with E-state index in [1.807, 2.05) is 12.1 Å². The highest BCUT2D eigenvalue weighted by atomic mass is 35.5. The molecule has 2 N–H and O–H groups in total. The Balaban J connectivity index is 2.36. The number of aromatic nitrogens is 1. The monoisotopic (exact) mass is 240 g/mol. The minimum absolute atomic E-state index is 0.179. The summed E-state index contributed by atoms with van der Waals surface area (Å²) in [6, 6.07) is 3.94. The number of hydrogen-bond donors (Lipinski definition) is 1. The van der Waals surface area contributed by atoms with E-state index in [4.69, 9.17) is 17.3 Å². The van der Waals surface area contributed by atoms with E-state index in [2.05, 4.69) is 25.8 Å². The van der Waals surface area contributed by atoms with Crippen molar-refractivity contribution in [3.05, 3.63) is 23.9 Å². The van der Waals surface area contributed by atoms with Gasteiger partial charge in [0.15, 0.2) is 0 Å². The summed E-state index contributed by atoms with van der Waals surface area (Å²) in [7, 11) is 0. The van der Waals surface area contributed by atoms with Crippen LogP contribution in [0.3, 0.4) is 0 Å². The first-order valence-corrected chi connectivity index (χ1v) is 6.17. The fraction of sp³-hybridized carbons (Fsp3) is 0.615. The third kappa shape index (κ3) is 4.40. The highest BCUT2D eigenvalue weighted by Crippen LogP contribution is 2.28. The molecule has 16 heavy (non-hydrogen) atoms. The van der Waals surface area contributed by atoms with E-state index in [0.717, 1.165) is 19.3 Å². The smallest absolute Gasteiger partial charge is 0.123 e. The number of nitrogens with two attached hydrogens (primary N) is 1. The lowest BCUT2D eigenvalue weighted by Gasteiger charge is -2.24. The van der Waals surface area contributed by atoms with Gasteiger partial charge in [-0.15, -0.1) is 11.6 Å². The van der Waals surface area contributed by atoms with E-state index in [9.17, 15) is 0 Å². The quantitative estimate of drug-likeness (QED) is 0.817. The molecule has 1 aromatic heterocycles. The first-order chi connectivity index (χ1) is 7.39. The fourth-order valence-electron chi connectivity index (χ4n) is 1.57. The molecule has 0 aliphatic carbocycles. The zero-order valence-corrected chi connectivity index (χ0v) is 11.1. The van der Waals surface area contributed by atoms with Crippen molar-refractivity contribution < 1.29 is 0 Å². The molecule has 0 aliphatic heterocycles. The molecule has 1 heterocycles. The van der Waals surface area contributed by atoms with Gasteiger partial charge in [0.25, 0.3) is 0 Å². The number of rotatable bonds is 4.